The molecule has 0 bridgehead atoms. The number of rotatable bonds is 1. The highest BCUT2D eigenvalue weighted by Crippen LogP contribution is 2.34. The van der Waals surface area contributed by atoms with Crippen LogP contribution in [0.5, 0.6) is 0 Å². The summed E-state index contributed by atoms with van der Waals surface area (Å²) in [5.41, 5.74) is 1.66. The largest absolute Gasteiger partial charge is 0.309 e. The van der Waals surface area contributed by atoms with E-state index in [9.17, 15) is 0 Å². The monoisotopic (exact) mass is 139 g/mol. The van der Waals surface area contributed by atoms with E-state index in [1.807, 2.05) is 0 Å². The lowest BCUT2D eigenvalue weighted by Crippen LogP contribution is -2.31. The van der Waals surface area contributed by atoms with Gasteiger partial charge in [0.2, 0.25) is 0 Å². The van der Waals surface area contributed by atoms with Gasteiger partial charge in [0.15, 0.2) is 0 Å². The zero-order valence-corrected chi connectivity index (χ0v) is 7.20. The van der Waals surface area contributed by atoms with E-state index in [0.29, 0.717) is 11.5 Å². The van der Waals surface area contributed by atoms with E-state index < -0.39 is 0 Å². The molecule has 1 unspecified atom stereocenters. The fourth-order valence-electron chi connectivity index (χ4n) is 1.63. The third-order valence-electron chi connectivity index (χ3n) is 2.75. The Morgan fingerprint density at radius 2 is 2.30 bits per heavy atom. The molecule has 1 heteroatoms. The summed E-state index contributed by atoms with van der Waals surface area (Å²) < 4.78 is 0. The smallest absolute Gasteiger partial charge is 0.0170 e. The summed E-state index contributed by atoms with van der Waals surface area (Å²) in [7, 11) is 0. The Bertz CT molecular complexity index is 147. The molecular weight excluding hydrogens is 122 g/mol. The van der Waals surface area contributed by atoms with Crippen molar-refractivity contribution in [1.29, 1.82) is 0 Å². The fraction of sp³-hybridized carbons (Fsp3) is 0.778. The van der Waals surface area contributed by atoms with Crippen molar-refractivity contribution in [2.75, 3.05) is 6.54 Å². The molecule has 1 fully saturated rings. The van der Waals surface area contributed by atoms with Crippen LogP contribution in [0.15, 0.2) is 12.2 Å². The molecule has 58 valence electrons. The van der Waals surface area contributed by atoms with Gasteiger partial charge in [-0.05, 0) is 6.42 Å². The standard InChI is InChI=1S/C9H17N/c1-5-8-9(3,4)7(2)6-10-8/h8,10H,2,5-6H2,1,3-4H3. The maximum atomic E-state index is 4.04. The summed E-state index contributed by atoms with van der Waals surface area (Å²) in [5.74, 6) is 0. The molecule has 1 N–H and O–H groups in total. The molecule has 1 atom stereocenters. The number of hydrogen-bond donors (Lipinski definition) is 1. The Morgan fingerprint density at radius 3 is 2.50 bits per heavy atom. The second kappa shape index (κ2) is 2.39. The first-order chi connectivity index (χ1) is 4.59. The predicted octanol–water partition coefficient (Wildman–Crippen LogP) is 1.95. The first kappa shape index (κ1) is 7.80. The maximum Gasteiger partial charge on any atom is 0.0170 e. The van der Waals surface area contributed by atoms with Crippen LogP contribution in [0.1, 0.15) is 27.2 Å². The van der Waals surface area contributed by atoms with Gasteiger partial charge in [0.25, 0.3) is 0 Å². The summed E-state index contributed by atoms with van der Waals surface area (Å²) in [4.78, 5) is 0. The maximum absolute atomic E-state index is 4.04. The molecule has 0 aliphatic carbocycles. The zero-order chi connectivity index (χ0) is 7.78. The summed E-state index contributed by atoms with van der Waals surface area (Å²) >= 11 is 0. The van der Waals surface area contributed by atoms with E-state index in [1.165, 1.54) is 12.0 Å². The minimum Gasteiger partial charge on any atom is -0.309 e. The lowest BCUT2D eigenvalue weighted by Gasteiger charge is -2.26. The van der Waals surface area contributed by atoms with Gasteiger partial charge in [-0.2, -0.15) is 0 Å². The van der Waals surface area contributed by atoms with E-state index in [1.54, 1.807) is 0 Å². The van der Waals surface area contributed by atoms with Gasteiger partial charge in [0, 0.05) is 18.0 Å². The van der Waals surface area contributed by atoms with E-state index in [2.05, 4.69) is 32.7 Å². The molecule has 1 aliphatic heterocycles. The van der Waals surface area contributed by atoms with E-state index in [4.69, 9.17) is 0 Å². The molecule has 10 heavy (non-hydrogen) atoms. The van der Waals surface area contributed by atoms with Crippen molar-refractivity contribution in [1.82, 2.24) is 5.32 Å². The van der Waals surface area contributed by atoms with Crippen LogP contribution in [0, 0.1) is 5.41 Å². The van der Waals surface area contributed by atoms with Gasteiger partial charge in [-0.1, -0.05) is 32.9 Å². The Morgan fingerprint density at radius 1 is 1.70 bits per heavy atom. The minimum atomic E-state index is 0.314. The third-order valence-corrected chi connectivity index (χ3v) is 2.75. The zero-order valence-electron chi connectivity index (χ0n) is 7.20. The molecule has 0 spiro atoms. The molecule has 0 aromatic carbocycles. The van der Waals surface area contributed by atoms with Crippen LogP contribution in [0.3, 0.4) is 0 Å². The van der Waals surface area contributed by atoms with E-state index in [0.717, 1.165) is 6.54 Å². The Labute approximate surface area is 63.5 Å². The van der Waals surface area contributed by atoms with Crippen molar-refractivity contribution in [3.8, 4) is 0 Å². The van der Waals surface area contributed by atoms with Crippen molar-refractivity contribution in [3.05, 3.63) is 12.2 Å². The fourth-order valence-corrected chi connectivity index (χ4v) is 1.63. The van der Waals surface area contributed by atoms with E-state index >= 15 is 0 Å². The summed E-state index contributed by atoms with van der Waals surface area (Å²) in [6.45, 7) is 11.8. The number of hydrogen-bond acceptors (Lipinski definition) is 1. The minimum absolute atomic E-state index is 0.314. The Hall–Kier alpha value is -0.300. The molecule has 1 rings (SSSR count). The van der Waals surface area contributed by atoms with Gasteiger partial charge in [-0.25, -0.2) is 0 Å². The van der Waals surface area contributed by atoms with Gasteiger partial charge >= 0.3 is 0 Å². The van der Waals surface area contributed by atoms with Crippen molar-refractivity contribution >= 4 is 0 Å². The van der Waals surface area contributed by atoms with Crippen molar-refractivity contribution in [2.45, 2.75) is 33.2 Å². The first-order valence-corrected chi connectivity index (χ1v) is 4.00. The normalized spacial score (nSPS) is 31.1. The summed E-state index contributed by atoms with van der Waals surface area (Å²) in [6, 6.07) is 0.639. The van der Waals surface area contributed by atoms with E-state index in [-0.39, 0.29) is 0 Å². The molecule has 0 amide bonds. The Balaban J connectivity index is 2.73. The van der Waals surface area contributed by atoms with Gasteiger partial charge in [0.1, 0.15) is 0 Å². The van der Waals surface area contributed by atoms with Crippen LogP contribution in [0.2, 0.25) is 0 Å². The van der Waals surface area contributed by atoms with Gasteiger partial charge in [-0.15, -0.1) is 0 Å². The third kappa shape index (κ3) is 0.988. The average Bonchev–Trinajstić information content (AvgIpc) is 2.10. The number of nitrogens with one attached hydrogen (secondary N) is 1. The molecule has 0 aromatic heterocycles. The highest BCUT2D eigenvalue weighted by Gasteiger charge is 2.35. The van der Waals surface area contributed by atoms with Crippen LogP contribution in [-0.2, 0) is 0 Å². The molecule has 0 aromatic rings. The van der Waals surface area contributed by atoms with Gasteiger partial charge in [-0.3, -0.25) is 0 Å². The molecule has 1 saturated heterocycles. The van der Waals surface area contributed by atoms with Gasteiger partial charge in [0.05, 0.1) is 0 Å². The van der Waals surface area contributed by atoms with Crippen LogP contribution in [0.4, 0.5) is 0 Å². The second-order valence-corrected chi connectivity index (χ2v) is 3.67. The van der Waals surface area contributed by atoms with Crippen LogP contribution < -0.4 is 5.32 Å². The average molecular weight is 139 g/mol. The highest BCUT2D eigenvalue weighted by atomic mass is 15.0. The second-order valence-electron chi connectivity index (χ2n) is 3.67. The van der Waals surface area contributed by atoms with Crippen LogP contribution in [-0.4, -0.2) is 12.6 Å². The van der Waals surface area contributed by atoms with Crippen molar-refractivity contribution in [2.24, 2.45) is 5.41 Å². The summed E-state index contributed by atoms with van der Waals surface area (Å²) in [5, 5.41) is 3.45. The molecule has 0 radical (unpaired) electrons. The van der Waals surface area contributed by atoms with Crippen LogP contribution in [0.25, 0.3) is 0 Å². The van der Waals surface area contributed by atoms with Crippen molar-refractivity contribution in [3.63, 3.8) is 0 Å². The summed E-state index contributed by atoms with van der Waals surface area (Å²) in [6.07, 6.45) is 1.20. The molecule has 1 aliphatic rings. The topological polar surface area (TPSA) is 12.0 Å². The predicted molar refractivity (Wildman–Crippen MR) is 45.0 cm³/mol. The lowest BCUT2D eigenvalue weighted by molar-refractivity contribution is 0.353. The molecular formula is C9H17N. The lowest BCUT2D eigenvalue weighted by atomic mass is 9.81. The Kier molecular flexibility index (Phi) is 1.86. The SMILES string of the molecule is C=C1CNC(CC)C1(C)C. The highest BCUT2D eigenvalue weighted by molar-refractivity contribution is 5.18. The molecule has 1 heterocycles. The van der Waals surface area contributed by atoms with Gasteiger partial charge < -0.3 is 5.32 Å². The quantitative estimate of drug-likeness (QED) is 0.547. The molecule has 1 nitrogen and oxygen atoms in total. The van der Waals surface area contributed by atoms with Crippen LogP contribution >= 0.6 is 0 Å². The first-order valence-electron chi connectivity index (χ1n) is 4.00. The van der Waals surface area contributed by atoms with Crippen molar-refractivity contribution < 1.29 is 0 Å². The molecule has 0 saturated carbocycles.